The molecular formula is C12H17BrO4S. The van der Waals surface area contributed by atoms with E-state index in [1.165, 1.54) is 6.26 Å². The molecule has 0 amide bonds. The molecule has 1 rings (SSSR count). The van der Waals surface area contributed by atoms with Gasteiger partial charge >= 0.3 is 0 Å². The normalized spacial score (nSPS) is 13.3. The Labute approximate surface area is 116 Å². The molecule has 1 aromatic rings. The SMILES string of the molecule is C[C@@H](O)c1cc(Br)ccc1OCCCS(C)(=O)=O. The minimum absolute atomic E-state index is 0.105. The zero-order valence-electron chi connectivity index (χ0n) is 10.4. The lowest BCUT2D eigenvalue weighted by molar-refractivity contribution is 0.191. The van der Waals surface area contributed by atoms with E-state index in [4.69, 9.17) is 4.74 Å². The van der Waals surface area contributed by atoms with Gasteiger partial charge in [0.15, 0.2) is 0 Å². The summed E-state index contributed by atoms with van der Waals surface area (Å²) >= 11 is 3.33. The van der Waals surface area contributed by atoms with Gasteiger partial charge in [-0.3, -0.25) is 0 Å². The van der Waals surface area contributed by atoms with Crippen LogP contribution in [0.3, 0.4) is 0 Å². The first-order valence-corrected chi connectivity index (χ1v) is 8.43. The lowest BCUT2D eigenvalue weighted by Crippen LogP contribution is -2.09. The van der Waals surface area contributed by atoms with Gasteiger partial charge in [-0.2, -0.15) is 0 Å². The quantitative estimate of drug-likeness (QED) is 0.809. The third kappa shape index (κ3) is 5.37. The first-order valence-electron chi connectivity index (χ1n) is 5.57. The molecule has 0 fully saturated rings. The van der Waals surface area contributed by atoms with Crippen LogP contribution in [0.2, 0.25) is 0 Å². The lowest BCUT2D eigenvalue weighted by Gasteiger charge is -2.13. The van der Waals surface area contributed by atoms with Crippen molar-refractivity contribution in [1.82, 2.24) is 0 Å². The highest BCUT2D eigenvalue weighted by Gasteiger charge is 2.10. The van der Waals surface area contributed by atoms with Crippen LogP contribution in [0, 0.1) is 0 Å². The number of halogens is 1. The highest BCUT2D eigenvalue weighted by Crippen LogP contribution is 2.28. The summed E-state index contributed by atoms with van der Waals surface area (Å²) in [5.41, 5.74) is 0.684. The molecule has 0 radical (unpaired) electrons. The van der Waals surface area contributed by atoms with Crippen LogP contribution in [-0.4, -0.2) is 32.1 Å². The van der Waals surface area contributed by atoms with Crippen LogP contribution in [0.4, 0.5) is 0 Å². The fourth-order valence-corrected chi connectivity index (χ4v) is 2.50. The lowest BCUT2D eigenvalue weighted by atomic mass is 10.1. The Morgan fingerprint density at radius 3 is 2.67 bits per heavy atom. The molecule has 0 aliphatic rings. The van der Waals surface area contributed by atoms with Crippen molar-refractivity contribution in [3.63, 3.8) is 0 Å². The van der Waals surface area contributed by atoms with Crippen molar-refractivity contribution in [3.05, 3.63) is 28.2 Å². The summed E-state index contributed by atoms with van der Waals surface area (Å²) in [7, 11) is -2.95. The smallest absolute Gasteiger partial charge is 0.147 e. The van der Waals surface area contributed by atoms with Gasteiger partial charge in [0.1, 0.15) is 15.6 Å². The van der Waals surface area contributed by atoms with Gasteiger partial charge in [-0.1, -0.05) is 15.9 Å². The van der Waals surface area contributed by atoms with Gasteiger partial charge in [-0.05, 0) is 31.5 Å². The molecule has 1 aromatic carbocycles. The van der Waals surface area contributed by atoms with Crippen molar-refractivity contribution in [2.75, 3.05) is 18.6 Å². The predicted molar refractivity (Wildman–Crippen MR) is 74.6 cm³/mol. The number of sulfone groups is 1. The maximum Gasteiger partial charge on any atom is 0.147 e. The first kappa shape index (κ1) is 15.5. The number of aliphatic hydroxyl groups excluding tert-OH is 1. The molecule has 4 nitrogen and oxygen atoms in total. The number of hydrogen-bond donors (Lipinski definition) is 1. The third-order valence-electron chi connectivity index (χ3n) is 2.34. The van der Waals surface area contributed by atoms with E-state index >= 15 is 0 Å². The maximum atomic E-state index is 11.0. The summed E-state index contributed by atoms with van der Waals surface area (Å²) in [5, 5.41) is 9.62. The Balaban J connectivity index is 2.62. The molecule has 102 valence electrons. The number of benzene rings is 1. The van der Waals surface area contributed by atoms with Crippen LogP contribution in [0.1, 0.15) is 25.0 Å². The maximum absolute atomic E-state index is 11.0. The van der Waals surface area contributed by atoms with Crippen LogP contribution in [0.25, 0.3) is 0 Å². The fraction of sp³-hybridized carbons (Fsp3) is 0.500. The van der Waals surface area contributed by atoms with Gasteiger partial charge in [0.25, 0.3) is 0 Å². The minimum atomic E-state index is -2.95. The van der Waals surface area contributed by atoms with Crippen molar-refractivity contribution in [2.45, 2.75) is 19.4 Å². The van der Waals surface area contributed by atoms with Gasteiger partial charge < -0.3 is 9.84 Å². The molecule has 0 heterocycles. The van der Waals surface area contributed by atoms with E-state index in [0.717, 1.165) is 4.47 Å². The number of hydrogen-bond acceptors (Lipinski definition) is 4. The van der Waals surface area contributed by atoms with E-state index in [2.05, 4.69) is 15.9 Å². The molecule has 0 aliphatic carbocycles. The van der Waals surface area contributed by atoms with Gasteiger partial charge in [0.05, 0.1) is 18.5 Å². The molecule has 0 saturated heterocycles. The summed E-state index contributed by atoms with van der Waals surface area (Å²) in [6.07, 6.45) is 1.01. The number of rotatable bonds is 6. The van der Waals surface area contributed by atoms with E-state index in [9.17, 15) is 13.5 Å². The van der Waals surface area contributed by atoms with Crippen molar-refractivity contribution in [3.8, 4) is 5.75 Å². The van der Waals surface area contributed by atoms with E-state index in [1.54, 1.807) is 19.1 Å². The number of aliphatic hydroxyl groups is 1. The average Bonchev–Trinajstić information content (AvgIpc) is 2.24. The summed E-state index contributed by atoms with van der Waals surface area (Å²) in [6.45, 7) is 1.97. The van der Waals surface area contributed by atoms with Crippen molar-refractivity contribution in [2.24, 2.45) is 0 Å². The van der Waals surface area contributed by atoms with Gasteiger partial charge in [0.2, 0.25) is 0 Å². The van der Waals surface area contributed by atoms with Gasteiger partial charge in [-0.25, -0.2) is 8.42 Å². The standard InChI is InChI=1S/C12H17BrO4S/c1-9(14)11-8-10(13)4-5-12(11)17-6-3-7-18(2,15)16/h4-5,8-9,14H,3,6-7H2,1-2H3/t9-/m1/s1. The summed E-state index contributed by atoms with van der Waals surface area (Å²) in [5.74, 6) is 0.690. The van der Waals surface area contributed by atoms with Crippen LogP contribution in [0.15, 0.2) is 22.7 Å². The Morgan fingerprint density at radius 1 is 1.44 bits per heavy atom. The van der Waals surface area contributed by atoms with E-state index in [-0.39, 0.29) is 5.75 Å². The molecule has 1 atom stereocenters. The molecule has 0 aliphatic heterocycles. The summed E-state index contributed by atoms with van der Waals surface area (Å²) < 4.78 is 28.3. The molecule has 0 unspecified atom stereocenters. The minimum Gasteiger partial charge on any atom is -0.493 e. The molecule has 18 heavy (non-hydrogen) atoms. The molecule has 6 heteroatoms. The summed E-state index contributed by atoms with van der Waals surface area (Å²) in [6, 6.07) is 5.36. The van der Waals surface area contributed by atoms with E-state index in [1.807, 2.05) is 6.07 Å². The van der Waals surface area contributed by atoms with Crippen LogP contribution in [0.5, 0.6) is 5.75 Å². The van der Waals surface area contributed by atoms with E-state index in [0.29, 0.717) is 24.3 Å². The molecule has 1 N–H and O–H groups in total. The van der Waals surface area contributed by atoms with Crippen LogP contribution in [-0.2, 0) is 9.84 Å². The second kappa shape index (κ2) is 6.54. The Hall–Kier alpha value is -0.590. The zero-order valence-corrected chi connectivity index (χ0v) is 12.8. The monoisotopic (exact) mass is 336 g/mol. The second-order valence-electron chi connectivity index (χ2n) is 4.19. The topological polar surface area (TPSA) is 63.6 Å². The van der Waals surface area contributed by atoms with Gasteiger partial charge in [0, 0.05) is 16.3 Å². The Morgan fingerprint density at radius 2 is 2.11 bits per heavy atom. The fourth-order valence-electron chi connectivity index (χ4n) is 1.48. The molecule has 0 spiro atoms. The molecule has 0 aromatic heterocycles. The molecule has 0 saturated carbocycles. The largest absolute Gasteiger partial charge is 0.493 e. The first-order chi connectivity index (χ1) is 8.29. The van der Waals surface area contributed by atoms with Crippen molar-refractivity contribution in [1.29, 1.82) is 0 Å². The highest BCUT2D eigenvalue weighted by molar-refractivity contribution is 9.10. The predicted octanol–water partition coefficient (Wildman–Crippen LogP) is 2.32. The number of ether oxygens (including phenoxy) is 1. The second-order valence-corrected chi connectivity index (χ2v) is 7.37. The Kier molecular flexibility index (Phi) is 5.62. The van der Waals surface area contributed by atoms with Crippen LogP contribution >= 0.6 is 15.9 Å². The average molecular weight is 337 g/mol. The third-order valence-corrected chi connectivity index (χ3v) is 3.86. The van der Waals surface area contributed by atoms with Crippen molar-refractivity contribution >= 4 is 25.8 Å². The van der Waals surface area contributed by atoms with Crippen LogP contribution < -0.4 is 4.74 Å². The zero-order chi connectivity index (χ0) is 13.8. The van der Waals surface area contributed by atoms with E-state index < -0.39 is 15.9 Å². The Bertz CT molecular complexity index is 497. The van der Waals surface area contributed by atoms with Crippen molar-refractivity contribution < 1.29 is 18.3 Å². The summed E-state index contributed by atoms with van der Waals surface area (Å²) in [4.78, 5) is 0. The molecular weight excluding hydrogens is 320 g/mol. The molecule has 0 bridgehead atoms. The highest BCUT2D eigenvalue weighted by atomic mass is 79.9. The van der Waals surface area contributed by atoms with Gasteiger partial charge in [-0.15, -0.1) is 0 Å².